The Bertz CT molecular complexity index is 326. The molecular weight excluding hydrogens is 258 g/mol. The summed E-state index contributed by atoms with van der Waals surface area (Å²) in [6.45, 7) is 9.97. The summed E-state index contributed by atoms with van der Waals surface area (Å²) in [7, 11) is 0. The number of rotatable bonds is 6. The lowest BCUT2D eigenvalue weighted by atomic mass is 10.0. The summed E-state index contributed by atoms with van der Waals surface area (Å²) in [6, 6.07) is 0.442. The number of hydrogen-bond donors (Lipinski definition) is 2. The number of carboxylic acids is 1. The molecule has 1 saturated heterocycles. The fourth-order valence-corrected chi connectivity index (χ4v) is 2.39. The zero-order chi connectivity index (χ0) is 15.1. The van der Waals surface area contributed by atoms with Gasteiger partial charge < -0.3 is 15.3 Å². The molecule has 20 heavy (non-hydrogen) atoms. The molecule has 116 valence electrons. The highest BCUT2D eigenvalue weighted by Crippen LogP contribution is 2.08. The van der Waals surface area contributed by atoms with Gasteiger partial charge in [-0.1, -0.05) is 13.3 Å². The lowest BCUT2D eigenvalue weighted by Crippen LogP contribution is -2.53. The first kappa shape index (κ1) is 16.8. The van der Waals surface area contributed by atoms with E-state index in [1.165, 1.54) is 0 Å². The van der Waals surface area contributed by atoms with Crippen molar-refractivity contribution in [2.45, 2.75) is 39.7 Å². The van der Waals surface area contributed by atoms with E-state index in [1.54, 1.807) is 0 Å². The van der Waals surface area contributed by atoms with Crippen LogP contribution in [0.15, 0.2) is 0 Å². The Morgan fingerprint density at radius 1 is 1.20 bits per heavy atom. The number of carboxylic acid groups (broad SMARTS) is 1. The number of nitrogens with zero attached hydrogens (tertiary/aromatic N) is 2. The Balaban J connectivity index is 2.31. The Hall–Kier alpha value is -1.30. The van der Waals surface area contributed by atoms with E-state index in [0.29, 0.717) is 12.6 Å². The smallest absolute Gasteiger partial charge is 0.317 e. The van der Waals surface area contributed by atoms with Crippen molar-refractivity contribution in [1.29, 1.82) is 0 Å². The predicted octanol–water partition coefficient (Wildman–Crippen LogP) is 1.22. The van der Waals surface area contributed by atoms with Gasteiger partial charge in [-0.2, -0.15) is 0 Å². The van der Waals surface area contributed by atoms with Crippen LogP contribution in [0.4, 0.5) is 4.79 Å². The molecular formula is C14H27N3O3. The Kier molecular flexibility index (Phi) is 6.78. The first-order valence-corrected chi connectivity index (χ1v) is 7.42. The number of hydrogen-bond acceptors (Lipinski definition) is 3. The number of urea groups is 1. The van der Waals surface area contributed by atoms with Crippen molar-refractivity contribution in [2.24, 2.45) is 5.92 Å². The van der Waals surface area contributed by atoms with Gasteiger partial charge in [0.2, 0.25) is 0 Å². The number of carbonyl (C=O) groups is 2. The van der Waals surface area contributed by atoms with Crippen LogP contribution < -0.4 is 5.32 Å². The third-order valence-electron chi connectivity index (χ3n) is 3.91. The Morgan fingerprint density at radius 3 is 2.25 bits per heavy atom. The molecule has 0 spiro atoms. The van der Waals surface area contributed by atoms with Gasteiger partial charge in [0.25, 0.3) is 0 Å². The minimum absolute atomic E-state index is 0.00778. The van der Waals surface area contributed by atoms with E-state index >= 15 is 0 Å². The van der Waals surface area contributed by atoms with Crippen LogP contribution in [-0.4, -0.2) is 65.7 Å². The van der Waals surface area contributed by atoms with Crippen LogP contribution >= 0.6 is 0 Å². The van der Waals surface area contributed by atoms with E-state index in [4.69, 9.17) is 5.11 Å². The molecule has 1 aliphatic heterocycles. The maximum atomic E-state index is 12.0. The molecule has 0 bridgehead atoms. The fraction of sp³-hybridized carbons (Fsp3) is 0.857. The fourth-order valence-electron chi connectivity index (χ4n) is 2.39. The molecule has 1 atom stereocenters. The van der Waals surface area contributed by atoms with E-state index in [9.17, 15) is 9.59 Å². The topological polar surface area (TPSA) is 72.9 Å². The first-order chi connectivity index (χ1) is 9.43. The average Bonchev–Trinajstić information content (AvgIpc) is 2.42. The summed E-state index contributed by atoms with van der Waals surface area (Å²) < 4.78 is 0. The van der Waals surface area contributed by atoms with Crippen LogP contribution in [0.3, 0.4) is 0 Å². The molecule has 6 heteroatoms. The second-order valence-electron chi connectivity index (χ2n) is 5.67. The van der Waals surface area contributed by atoms with E-state index < -0.39 is 5.97 Å². The van der Waals surface area contributed by atoms with E-state index in [0.717, 1.165) is 32.6 Å². The minimum atomic E-state index is -0.809. The maximum Gasteiger partial charge on any atom is 0.317 e. The van der Waals surface area contributed by atoms with Gasteiger partial charge in [0, 0.05) is 45.2 Å². The molecule has 0 saturated carbocycles. The summed E-state index contributed by atoms with van der Waals surface area (Å²) in [6.07, 6.45) is 0.867. The number of carbonyl (C=O) groups excluding carboxylic acids is 1. The van der Waals surface area contributed by atoms with Crippen LogP contribution in [0.1, 0.15) is 33.6 Å². The molecule has 0 aromatic carbocycles. The van der Waals surface area contributed by atoms with Gasteiger partial charge >= 0.3 is 12.0 Å². The maximum absolute atomic E-state index is 12.0. The second kappa shape index (κ2) is 8.09. The van der Waals surface area contributed by atoms with Gasteiger partial charge in [-0.05, 0) is 19.8 Å². The predicted molar refractivity (Wildman–Crippen MR) is 77.7 cm³/mol. The molecule has 0 aliphatic carbocycles. The number of amides is 2. The van der Waals surface area contributed by atoms with Crippen molar-refractivity contribution in [3.8, 4) is 0 Å². The summed E-state index contributed by atoms with van der Waals surface area (Å²) in [5, 5.41) is 11.6. The largest absolute Gasteiger partial charge is 0.481 e. The molecule has 1 unspecified atom stereocenters. The Morgan fingerprint density at radius 2 is 1.80 bits per heavy atom. The molecule has 1 aliphatic rings. The van der Waals surface area contributed by atoms with Crippen molar-refractivity contribution < 1.29 is 14.7 Å². The van der Waals surface area contributed by atoms with Gasteiger partial charge in [-0.3, -0.25) is 9.69 Å². The number of nitrogens with one attached hydrogen (secondary N) is 1. The third kappa shape index (κ3) is 5.36. The van der Waals surface area contributed by atoms with Crippen molar-refractivity contribution >= 4 is 12.0 Å². The summed E-state index contributed by atoms with van der Waals surface area (Å²) >= 11 is 0. The second-order valence-corrected chi connectivity index (χ2v) is 5.67. The molecule has 2 N–H and O–H groups in total. The molecule has 2 amide bonds. The molecule has 0 aromatic heterocycles. The molecule has 1 heterocycles. The van der Waals surface area contributed by atoms with Crippen LogP contribution in [-0.2, 0) is 4.79 Å². The summed E-state index contributed by atoms with van der Waals surface area (Å²) in [5.74, 6) is -0.801. The summed E-state index contributed by atoms with van der Waals surface area (Å²) in [5.41, 5.74) is 0. The monoisotopic (exact) mass is 285 g/mol. The Labute approximate surface area is 121 Å². The van der Waals surface area contributed by atoms with Crippen LogP contribution in [0.5, 0.6) is 0 Å². The van der Waals surface area contributed by atoms with Crippen molar-refractivity contribution in [3.05, 3.63) is 0 Å². The molecule has 1 rings (SSSR count). The van der Waals surface area contributed by atoms with Crippen LogP contribution in [0.25, 0.3) is 0 Å². The van der Waals surface area contributed by atoms with Crippen LogP contribution in [0, 0.1) is 5.92 Å². The normalized spacial score (nSPS) is 18.1. The van der Waals surface area contributed by atoms with Gasteiger partial charge in [0.05, 0.1) is 0 Å². The first-order valence-electron chi connectivity index (χ1n) is 7.42. The quantitative estimate of drug-likeness (QED) is 0.769. The van der Waals surface area contributed by atoms with E-state index in [1.807, 2.05) is 11.8 Å². The molecule has 0 radical (unpaired) electrons. The minimum Gasteiger partial charge on any atom is -0.481 e. The molecule has 1 fully saturated rings. The van der Waals surface area contributed by atoms with Gasteiger partial charge in [0.1, 0.15) is 0 Å². The zero-order valence-electron chi connectivity index (χ0n) is 12.8. The van der Waals surface area contributed by atoms with E-state index in [2.05, 4.69) is 24.1 Å². The lowest BCUT2D eigenvalue weighted by Gasteiger charge is -2.37. The highest BCUT2D eigenvalue weighted by molar-refractivity contribution is 5.74. The van der Waals surface area contributed by atoms with Crippen molar-refractivity contribution in [1.82, 2.24) is 15.1 Å². The van der Waals surface area contributed by atoms with Crippen LogP contribution in [0.2, 0.25) is 0 Å². The van der Waals surface area contributed by atoms with Crippen molar-refractivity contribution in [2.75, 3.05) is 32.7 Å². The SMILES string of the molecule is CCC(CNC(=O)N1CCN(C(C)C)CC1)CC(=O)O. The van der Waals surface area contributed by atoms with Gasteiger partial charge in [-0.25, -0.2) is 4.79 Å². The molecule has 0 aromatic rings. The standard InChI is InChI=1S/C14H27N3O3/c1-4-12(9-13(18)19)10-15-14(20)17-7-5-16(6-8-17)11(2)3/h11-12H,4-10H2,1-3H3,(H,15,20)(H,18,19). The van der Waals surface area contributed by atoms with E-state index in [-0.39, 0.29) is 18.4 Å². The third-order valence-corrected chi connectivity index (χ3v) is 3.91. The lowest BCUT2D eigenvalue weighted by molar-refractivity contribution is -0.138. The molecule has 6 nitrogen and oxygen atoms in total. The van der Waals surface area contributed by atoms with Gasteiger partial charge in [-0.15, -0.1) is 0 Å². The number of piperazine rings is 1. The van der Waals surface area contributed by atoms with Crippen molar-refractivity contribution in [3.63, 3.8) is 0 Å². The zero-order valence-corrected chi connectivity index (χ0v) is 12.8. The highest BCUT2D eigenvalue weighted by atomic mass is 16.4. The highest BCUT2D eigenvalue weighted by Gasteiger charge is 2.22. The van der Waals surface area contributed by atoms with Gasteiger partial charge in [0.15, 0.2) is 0 Å². The summed E-state index contributed by atoms with van der Waals surface area (Å²) in [4.78, 5) is 26.9. The number of aliphatic carboxylic acids is 1. The average molecular weight is 285 g/mol.